The van der Waals surface area contributed by atoms with Crippen LogP contribution >= 0.6 is 0 Å². The Morgan fingerprint density at radius 3 is 3.15 bits per heavy atom. The predicted molar refractivity (Wildman–Crippen MR) is 42.7 cm³/mol. The molecule has 1 aromatic heterocycles. The number of esters is 1. The molecule has 0 spiro atoms. The average molecular weight is 185 g/mol. The number of nitrogens with zero attached hydrogens (tertiary/aromatic N) is 1. The van der Waals surface area contributed by atoms with Crippen LogP contribution in [0.2, 0.25) is 0 Å². The molecule has 0 aliphatic carbocycles. The molecular formula is C8H11NO4. The molecule has 1 unspecified atom stereocenters. The fourth-order valence-electron chi connectivity index (χ4n) is 0.864. The van der Waals surface area contributed by atoms with Crippen LogP contribution in [0.25, 0.3) is 0 Å². The lowest BCUT2D eigenvalue weighted by Crippen LogP contribution is -2.10. The molecule has 1 atom stereocenters. The van der Waals surface area contributed by atoms with Crippen LogP contribution in [-0.2, 0) is 9.53 Å². The summed E-state index contributed by atoms with van der Waals surface area (Å²) in [5.74, 6) is -0.332. The minimum absolute atomic E-state index is 0.131. The van der Waals surface area contributed by atoms with Crippen molar-refractivity contribution in [3.63, 3.8) is 0 Å². The number of aromatic nitrogens is 1. The van der Waals surface area contributed by atoms with Crippen LogP contribution in [0.5, 0.6) is 0 Å². The number of hydrogen-bond donors (Lipinski definition) is 1. The molecule has 5 heteroatoms. The highest BCUT2D eigenvalue weighted by Gasteiger charge is 2.17. The third kappa shape index (κ3) is 2.87. The van der Waals surface area contributed by atoms with Crippen LogP contribution in [-0.4, -0.2) is 22.7 Å². The molecule has 1 heterocycles. The molecule has 1 N–H and O–H groups in total. The van der Waals surface area contributed by atoms with E-state index in [-0.39, 0.29) is 12.3 Å². The van der Waals surface area contributed by atoms with Crippen molar-refractivity contribution in [2.45, 2.75) is 19.4 Å². The molecule has 13 heavy (non-hydrogen) atoms. The van der Waals surface area contributed by atoms with Crippen LogP contribution < -0.4 is 0 Å². The van der Waals surface area contributed by atoms with Gasteiger partial charge in [0.1, 0.15) is 12.4 Å². The molecule has 0 saturated heterocycles. The fourth-order valence-corrected chi connectivity index (χ4v) is 0.864. The molecule has 1 aromatic rings. The number of carbonyl (C=O) groups is 1. The number of carbonyl (C=O) groups excluding carboxylic acids is 1. The Morgan fingerprint density at radius 2 is 2.62 bits per heavy atom. The van der Waals surface area contributed by atoms with E-state index >= 15 is 0 Å². The molecule has 0 radical (unpaired) electrons. The highest BCUT2D eigenvalue weighted by Crippen LogP contribution is 2.14. The van der Waals surface area contributed by atoms with E-state index in [1.165, 1.54) is 12.5 Å². The van der Waals surface area contributed by atoms with Crippen molar-refractivity contribution in [2.75, 3.05) is 6.61 Å². The van der Waals surface area contributed by atoms with E-state index in [0.29, 0.717) is 6.61 Å². The van der Waals surface area contributed by atoms with Crippen LogP contribution in [0.3, 0.4) is 0 Å². The number of rotatable bonds is 4. The van der Waals surface area contributed by atoms with E-state index in [1.807, 2.05) is 0 Å². The van der Waals surface area contributed by atoms with Gasteiger partial charge in [-0.05, 0) is 6.92 Å². The molecule has 0 aromatic carbocycles. The summed E-state index contributed by atoms with van der Waals surface area (Å²) in [5.41, 5.74) is 0. The third-order valence-electron chi connectivity index (χ3n) is 1.40. The van der Waals surface area contributed by atoms with Gasteiger partial charge in [0.25, 0.3) is 0 Å². The minimum Gasteiger partial charge on any atom is -0.466 e. The van der Waals surface area contributed by atoms with Crippen molar-refractivity contribution < 1.29 is 19.1 Å². The van der Waals surface area contributed by atoms with E-state index in [9.17, 15) is 9.90 Å². The Labute approximate surface area is 75.3 Å². The van der Waals surface area contributed by atoms with Gasteiger partial charge in [-0.3, -0.25) is 4.79 Å². The van der Waals surface area contributed by atoms with Gasteiger partial charge in [0.05, 0.1) is 19.2 Å². The summed E-state index contributed by atoms with van der Waals surface area (Å²) >= 11 is 0. The second kappa shape index (κ2) is 4.61. The highest BCUT2D eigenvalue weighted by molar-refractivity contribution is 5.69. The molecule has 0 fully saturated rings. The van der Waals surface area contributed by atoms with Crippen molar-refractivity contribution >= 4 is 5.97 Å². The quantitative estimate of drug-likeness (QED) is 0.697. The highest BCUT2D eigenvalue weighted by atomic mass is 16.5. The Morgan fingerprint density at radius 1 is 1.85 bits per heavy atom. The molecule has 0 aliphatic rings. The summed E-state index contributed by atoms with van der Waals surface area (Å²) in [4.78, 5) is 14.6. The second-order valence-corrected chi connectivity index (χ2v) is 2.40. The lowest BCUT2D eigenvalue weighted by molar-refractivity contribution is -0.145. The lowest BCUT2D eigenvalue weighted by atomic mass is 10.2. The van der Waals surface area contributed by atoms with Crippen molar-refractivity contribution in [2.24, 2.45) is 0 Å². The largest absolute Gasteiger partial charge is 0.466 e. The van der Waals surface area contributed by atoms with E-state index in [0.717, 1.165) is 0 Å². The van der Waals surface area contributed by atoms with Gasteiger partial charge in [-0.1, -0.05) is 0 Å². The first-order valence-corrected chi connectivity index (χ1v) is 3.97. The van der Waals surface area contributed by atoms with E-state index in [2.05, 4.69) is 9.72 Å². The number of oxazole rings is 1. The minimum atomic E-state index is -1.02. The first-order chi connectivity index (χ1) is 6.24. The fraction of sp³-hybridized carbons (Fsp3) is 0.500. The SMILES string of the molecule is CCOC(=O)CC(O)c1ncco1. The second-order valence-electron chi connectivity index (χ2n) is 2.40. The molecule has 0 amide bonds. The maximum atomic E-state index is 10.9. The maximum Gasteiger partial charge on any atom is 0.308 e. The third-order valence-corrected chi connectivity index (χ3v) is 1.40. The zero-order chi connectivity index (χ0) is 9.68. The Bertz CT molecular complexity index is 257. The van der Waals surface area contributed by atoms with E-state index < -0.39 is 12.1 Å². The van der Waals surface area contributed by atoms with Crippen LogP contribution in [0.1, 0.15) is 25.3 Å². The first kappa shape index (κ1) is 9.73. The summed E-state index contributed by atoms with van der Waals surface area (Å²) in [7, 11) is 0. The standard InChI is InChI=1S/C8H11NO4/c1-2-12-7(11)5-6(10)8-9-3-4-13-8/h3-4,6,10H,2,5H2,1H3. The number of aliphatic hydroxyl groups excluding tert-OH is 1. The van der Waals surface area contributed by atoms with Gasteiger partial charge in [0.2, 0.25) is 5.89 Å². The van der Waals surface area contributed by atoms with Crippen molar-refractivity contribution in [3.05, 3.63) is 18.4 Å². The zero-order valence-corrected chi connectivity index (χ0v) is 7.27. The summed E-state index contributed by atoms with van der Waals surface area (Å²) < 4.78 is 9.45. The van der Waals surface area contributed by atoms with E-state index in [4.69, 9.17) is 4.42 Å². The molecule has 0 aliphatic heterocycles. The summed E-state index contributed by atoms with van der Waals surface area (Å²) in [6.07, 6.45) is 1.59. The smallest absolute Gasteiger partial charge is 0.308 e. The first-order valence-electron chi connectivity index (χ1n) is 3.97. The topological polar surface area (TPSA) is 72.6 Å². The molecule has 72 valence electrons. The van der Waals surface area contributed by atoms with Crippen LogP contribution in [0.4, 0.5) is 0 Å². The lowest BCUT2D eigenvalue weighted by Gasteiger charge is -2.05. The summed E-state index contributed by atoms with van der Waals surface area (Å²) in [6, 6.07) is 0. The van der Waals surface area contributed by atoms with Gasteiger partial charge in [-0.25, -0.2) is 4.98 Å². The molecular weight excluding hydrogens is 174 g/mol. The Hall–Kier alpha value is -1.36. The van der Waals surface area contributed by atoms with Gasteiger partial charge in [-0.15, -0.1) is 0 Å². The monoisotopic (exact) mass is 185 g/mol. The Balaban J connectivity index is 2.42. The normalized spacial score (nSPS) is 12.5. The van der Waals surface area contributed by atoms with Crippen molar-refractivity contribution in [1.82, 2.24) is 4.98 Å². The Kier molecular flexibility index (Phi) is 3.45. The van der Waals surface area contributed by atoms with E-state index in [1.54, 1.807) is 6.92 Å². The van der Waals surface area contributed by atoms with Gasteiger partial charge in [-0.2, -0.15) is 0 Å². The number of aliphatic hydroxyl groups is 1. The molecule has 0 saturated carbocycles. The van der Waals surface area contributed by atoms with Crippen LogP contribution in [0.15, 0.2) is 16.9 Å². The van der Waals surface area contributed by atoms with Gasteiger partial charge in [0, 0.05) is 0 Å². The van der Waals surface area contributed by atoms with Crippen LogP contribution in [0, 0.1) is 0 Å². The number of ether oxygens (including phenoxy) is 1. The van der Waals surface area contributed by atoms with Gasteiger partial charge < -0.3 is 14.3 Å². The summed E-state index contributed by atoms with van der Waals surface area (Å²) in [5, 5.41) is 9.35. The molecule has 0 bridgehead atoms. The maximum absolute atomic E-state index is 10.9. The zero-order valence-electron chi connectivity index (χ0n) is 7.27. The molecule has 1 rings (SSSR count). The molecule has 5 nitrogen and oxygen atoms in total. The predicted octanol–water partition coefficient (Wildman–Crippen LogP) is 0.661. The average Bonchev–Trinajstić information content (AvgIpc) is 2.55. The van der Waals surface area contributed by atoms with Crippen molar-refractivity contribution in [1.29, 1.82) is 0 Å². The number of hydrogen-bond acceptors (Lipinski definition) is 5. The van der Waals surface area contributed by atoms with Gasteiger partial charge in [0.15, 0.2) is 0 Å². The summed E-state index contributed by atoms with van der Waals surface area (Å²) in [6.45, 7) is 2.01. The van der Waals surface area contributed by atoms with Gasteiger partial charge >= 0.3 is 5.97 Å². The van der Waals surface area contributed by atoms with Crippen molar-refractivity contribution in [3.8, 4) is 0 Å².